The number of carbonyl (C=O) groups is 1. The lowest BCUT2D eigenvalue weighted by Crippen LogP contribution is -2.25. The maximum Gasteiger partial charge on any atom is 0.293 e. The van der Waals surface area contributed by atoms with E-state index in [9.17, 15) is 9.18 Å². The normalized spacial score (nSPS) is 10.6. The highest BCUT2D eigenvalue weighted by atomic mass is 19.1. The van der Waals surface area contributed by atoms with E-state index in [1.54, 1.807) is 0 Å². The van der Waals surface area contributed by atoms with Crippen molar-refractivity contribution in [2.24, 2.45) is 0 Å². The lowest BCUT2D eigenvalue weighted by Gasteiger charge is -2.02. The van der Waals surface area contributed by atoms with Gasteiger partial charge in [0.1, 0.15) is 5.82 Å². The van der Waals surface area contributed by atoms with Crippen LogP contribution in [0, 0.1) is 5.82 Å². The minimum atomic E-state index is -0.526. The third-order valence-electron chi connectivity index (χ3n) is 2.86. The molecule has 2 N–H and O–H groups in total. The van der Waals surface area contributed by atoms with Crippen LogP contribution in [-0.4, -0.2) is 34.1 Å². The summed E-state index contributed by atoms with van der Waals surface area (Å²) in [5, 5.41) is 9.31. The molecule has 118 valence electrons. The summed E-state index contributed by atoms with van der Waals surface area (Å²) in [4.78, 5) is 19.7. The van der Waals surface area contributed by atoms with Gasteiger partial charge in [0.15, 0.2) is 0 Å². The molecule has 0 aliphatic heterocycles. The number of nitrogens with zero attached hydrogens (tertiary/aromatic N) is 3. The number of rotatable bonds is 8. The highest BCUT2D eigenvalue weighted by Gasteiger charge is 2.15. The molecular formula is C14H18FN5O2. The number of carbonyl (C=O) groups excluding carboxylic acids is 1. The van der Waals surface area contributed by atoms with Crippen LogP contribution in [0.2, 0.25) is 0 Å². The number of pyridine rings is 1. The Bertz CT molecular complexity index is 617. The van der Waals surface area contributed by atoms with E-state index in [1.165, 1.54) is 18.3 Å². The van der Waals surface area contributed by atoms with Crippen LogP contribution >= 0.6 is 0 Å². The van der Waals surface area contributed by atoms with Crippen molar-refractivity contribution in [1.82, 2.24) is 25.8 Å². The molecule has 2 rings (SSSR count). The van der Waals surface area contributed by atoms with Crippen LogP contribution in [0.25, 0.3) is 0 Å². The minimum Gasteiger partial charge on any atom is -0.343 e. The summed E-state index contributed by atoms with van der Waals surface area (Å²) in [6.45, 7) is 3.66. The van der Waals surface area contributed by atoms with Gasteiger partial charge in [0.05, 0.1) is 12.2 Å². The number of amides is 1. The lowest BCUT2D eigenvalue weighted by molar-refractivity contribution is 0.0936. The molecule has 1 amide bonds. The Balaban J connectivity index is 1.83. The van der Waals surface area contributed by atoms with Crippen LogP contribution < -0.4 is 10.6 Å². The minimum absolute atomic E-state index is 0.0343. The third-order valence-corrected chi connectivity index (χ3v) is 2.86. The number of hydrogen-bond acceptors (Lipinski definition) is 6. The molecule has 8 heteroatoms. The van der Waals surface area contributed by atoms with E-state index in [4.69, 9.17) is 4.52 Å². The van der Waals surface area contributed by atoms with Crippen LogP contribution in [0.4, 0.5) is 4.39 Å². The first kappa shape index (κ1) is 16.0. The summed E-state index contributed by atoms with van der Waals surface area (Å²) in [5.74, 6) is -0.681. The fourth-order valence-electron chi connectivity index (χ4n) is 1.74. The SMILES string of the molecule is CCCNCCc1nc(C(=O)NCc2ncccc2F)no1. The van der Waals surface area contributed by atoms with E-state index in [1.807, 2.05) is 0 Å². The maximum atomic E-state index is 13.4. The molecule has 0 spiro atoms. The Kier molecular flexibility index (Phi) is 5.96. The molecule has 0 fully saturated rings. The van der Waals surface area contributed by atoms with Gasteiger partial charge < -0.3 is 15.2 Å². The van der Waals surface area contributed by atoms with Crippen molar-refractivity contribution in [1.29, 1.82) is 0 Å². The Morgan fingerprint density at radius 3 is 3.05 bits per heavy atom. The van der Waals surface area contributed by atoms with Crippen molar-refractivity contribution in [2.45, 2.75) is 26.3 Å². The predicted molar refractivity (Wildman–Crippen MR) is 76.5 cm³/mol. The van der Waals surface area contributed by atoms with Crippen LogP contribution in [0.3, 0.4) is 0 Å². The quantitative estimate of drug-likeness (QED) is 0.709. The van der Waals surface area contributed by atoms with Gasteiger partial charge in [-0.15, -0.1) is 0 Å². The molecule has 0 aliphatic carbocycles. The first-order chi connectivity index (χ1) is 10.7. The van der Waals surface area contributed by atoms with Crippen LogP contribution in [-0.2, 0) is 13.0 Å². The molecule has 0 radical (unpaired) electrons. The van der Waals surface area contributed by atoms with Crippen molar-refractivity contribution in [3.8, 4) is 0 Å². The van der Waals surface area contributed by atoms with Gasteiger partial charge >= 0.3 is 0 Å². The molecule has 22 heavy (non-hydrogen) atoms. The molecule has 0 bridgehead atoms. The van der Waals surface area contributed by atoms with Crippen LogP contribution in [0.5, 0.6) is 0 Å². The van der Waals surface area contributed by atoms with Gasteiger partial charge in [-0.25, -0.2) is 4.39 Å². The zero-order valence-electron chi connectivity index (χ0n) is 12.3. The summed E-state index contributed by atoms with van der Waals surface area (Å²) in [7, 11) is 0. The van der Waals surface area contributed by atoms with Crippen molar-refractivity contribution < 1.29 is 13.7 Å². The van der Waals surface area contributed by atoms with Gasteiger partial charge in [-0.2, -0.15) is 4.98 Å². The maximum absolute atomic E-state index is 13.4. The number of halogens is 1. The van der Waals surface area contributed by atoms with Crippen molar-refractivity contribution in [3.05, 3.63) is 41.6 Å². The fourth-order valence-corrected chi connectivity index (χ4v) is 1.74. The molecule has 2 aromatic rings. The van der Waals surface area contributed by atoms with E-state index in [2.05, 4.69) is 32.7 Å². The Hall–Kier alpha value is -2.35. The largest absolute Gasteiger partial charge is 0.343 e. The zero-order chi connectivity index (χ0) is 15.8. The molecule has 7 nitrogen and oxygen atoms in total. The molecule has 2 aromatic heterocycles. The first-order valence-electron chi connectivity index (χ1n) is 7.11. The molecule has 0 aromatic carbocycles. The van der Waals surface area contributed by atoms with Crippen LogP contribution in [0.15, 0.2) is 22.9 Å². The number of hydrogen-bond donors (Lipinski definition) is 2. The third kappa shape index (κ3) is 4.59. The zero-order valence-corrected chi connectivity index (χ0v) is 12.3. The van der Waals surface area contributed by atoms with Gasteiger partial charge in [0, 0.05) is 19.2 Å². The average molecular weight is 307 g/mol. The summed E-state index contributed by atoms with van der Waals surface area (Å²) in [6.07, 6.45) is 3.05. The van der Waals surface area contributed by atoms with Crippen molar-refractivity contribution in [2.75, 3.05) is 13.1 Å². The summed E-state index contributed by atoms with van der Waals surface area (Å²) >= 11 is 0. The van der Waals surface area contributed by atoms with Gasteiger partial charge in [0.2, 0.25) is 5.89 Å². The predicted octanol–water partition coefficient (Wildman–Crippen LogP) is 1.08. The molecule has 0 atom stereocenters. The van der Waals surface area contributed by atoms with E-state index < -0.39 is 11.7 Å². The van der Waals surface area contributed by atoms with Gasteiger partial charge in [-0.05, 0) is 25.1 Å². The number of nitrogens with one attached hydrogen (secondary N) is 2. The Labute approximate surface area is 127 Å². The highest BCUT2D eigenvalue weighted by molar-refractivity contribution is 5.90. The van der Waals surface area contributed by atoms with Gasteiger partial charge in [-0.1, -0.05) is 12.1 Å². The highest BCUT2D eigenvalue weighted by Crippen LogP contribution is 2.03. The second kappa shape index (κ2) is 8.18. The number of aromatic nitrogens is 3. The summed E-state index contributed by atoms with van der Waals surface area (Å²) in [5.41, 5.74) is 0.156. The standard InChI is InChI=1S/C14H18FN5O2/c1-2-6-16-8-5-12-19-13(20-22-12)14(21)18-9-11-10(15)4-3-7-17-11/h3-4,7,16H,2,5-6,8-9H2,1H3,(H,18,21). The molecule has 0 aliphatic rings. The monoisotopic (exact) mass is 307 g/mol. The Morgan fingerprint density at radius 2 is 2.27 bits per heavy atom. The molecule has 2 heterocycles. The van der Waals surface area contributed by atoms with Crippen molar-refractivity contribution >= 4 is 5.91 Å². The average Bonchev–Trinajstić information content (AvgIpc) is 2.99. The topological polar surface area (TPSA) is 92.9 Å². The Morgan fingerprint density at radius 1 is 1.41 bits per heavy atom. The molecular weight excluding hydrogens is 289 g/mol. The van der Waals surface area contributed by atoms with Gasteiger partial charge in [0.25, 0.3) is 11.7 Å². The first-order valence-corrected chi connectivity index (χ1v) is 7.11. The smallest absolute Gasteiger partial charge is 0.293 e. The molecule has 0 saturated heterocycles. The van der Waals surface area contributed by atoms with E-state index in [-0.39, 0.29) is 18.1 Å². The lowest BCUT2D eigenvalue weighted by atomic mass is 10.3. The molecule has 0 unspecified atom stereocenters. The van der Waals surface area contributed by atoms with E-state index in [0.29, 0.717) is 18.9 Å². The van der Waals surface area contributed by atoms with Gasteiger partial charge in [-0.3, -0.25) is 9.78 Å². The summed E-state index contributed by atoms with van der Waals surface area (Å²) in [6, 6.07) is 2.77. The van der Waals surface area contributed by atoms with Crippen molar-refractivity contribution in [3.63, 3.8) is 0 Å². The van der Waals surface area contributed by atoms with Crippen LogP contribution in [0.1, 0.15) is 35.5 Å². The summed E-state index contributed by atoms with van der Waals surface area (Å²) < 4.78 is 18.4. The van der Waals surface area contributed by atoms with E-state index in [0.717, 1.165) is 13.0 Å². The second-order valence-electron chi connectivity index (χ2n) is 4.63. The second-order valence-corrected chi connectivity index (χ2v) is 4.63. The van der Waals surface area contributed by atoms with E-state index >= 15 is 0 Å². The fraction of sp³-hybridized carbons (Fsp3) is 0.429. The molecule has 0 saturated carbocycles.